The van der Waals surface area contributed by atoms with E-state index in [1.165, 1.54) is 0 Å². The molecule has 2 aromatic rings. The molecule has 2 amide bonds. The van der Waals surface area contributed by atoms with Crippen LogP contribution in [-0.4, -0.2) is 39.5 Å². The van der Waals surface area contributed by atoms with Crippen LogP contribution in [0.4, 0.5) is 10.5 Å². The Bertz CT molecular complexity index is 735. The Labute approximate surface area is 145 Å². The van der Waals surface area contributed by atoms with Gasteiger partial charge >= 0.3 is 6.03 Å². The first-order valence-corrected chi connectivity index (χ1v) is 7.96. The molecule has 1 aliphatic heterocycles. The third-order valence-electron chi connectivity index (χ3n) is 3.50. The summed E-state index contributed by atoms with van der Waals surface area (Å²) in [5.41, 5.74) is 0.635. The Morgan fingerprint density at radius 3 is 2.72 bits per heavy atom. The summed E-state index contributed by atoms with van der Waals surface area (Å²) in [6.07, 6.45) is 0. The Morgan fingerprint density at radius 2 is 1.88 bits per heavy atom. The van der Waals surface area contributed by atoms with Gasteiger partial charge in [0.15, 0.2) is 11.5 Å². The Kier molecular flexibility index (Phi) is 5.46. The first-order chi connectivity index (χ1) is 12.2. The fourth-order valence-corrected chi connectivity index (χ4v) is 2.32. The fourth-order valence-electron chi connectivity index (χ4n) is 2.32. The van der Waals surface area contributed by atoms with Crippen LogP contribution in [0.25, 0.3) is 0 Å². The van der Waals surface area contributed by atoms with Crippen molar-refractivity contribution in [3.8, 4) is 23.0 Å². The summed E-state index contributed by atoms with van der Waals surface area (Å²) in [5.74, 6) is 2.73. The van der Waals surface area contributed by atoms with Gasteiger partial charge in [-0.05, 0) is 24.3 Å². The lowest BCUT2D eigenvalue weighted by Crippen LogP contribution is -2.32. The van der Waals surface area contributed by atoms with E-state index in [4.69, 9.17) is 18.9 Å². The Morgan fingerprint density at radius 1 is 1.08 bits per heavy atom. The summed E-state index contributed by atoms with van der Waals surface area (Å²) in [4.78, 5) is 11.9. The number of rotatable bonds is 6. The molecule has 2 N–H and O–H groups in total. The maximum absolute atomic E-state index is 11.9. The average Bonchev–Trinajstić information content (AvgIpc) is 2.65. The summed E-state index contributed by atoms with van der Waals surface area (Å²) in [7, 11) is 1.60. The number of hydrogen-bond donors (Lipinski definition) is 2. The molecule has 0 aliphatic carbocycles. The van der Waals surface area contributed by atoms with Crippen molar-refractivity contribution in [1.82, 2.24) is 5.32 Å². The van der Waals surface area contributed by atoms with Crippen LogP contribution >= 0.6 is 0 Å². The normalized spacial score (nSPS) is 12.2. The minimum Gasteiger partial charge on any atom is -0.497 e. The van der Waals surface area contributed by atoms with E-state index < -0.39 is 0 Å². The molecule has 0 bridgehead atoms. The van der Waals surface area contributed by atoms with Crippen LogP contribution < -0.4 is 29.6 Å². The average molecular weight is 344 g/mol. The quantitative estimate of drug-likeness (QED) is 0.788. The number of carbonyl (C=O) groups excluding carboxylic acids is 1. The third-order valence-corrected chi connectivity index (χ3v) is 3.50. The van der Waals surface area contributed by atoms with Crippen LogP contribution in [0.1, 0.15) is 0 Å². The molecule has 7 nitrogen and oxygen atoms in total. The van der Waals surface area contributed by atoms with Crippen molar-refractivity contribution < 1.29 is 23.7 Å². The predicted octanol–water partition coefficient (Wildman–Crippen LogP) is 2.67. The van der Waals surface area contributed by atoms with E-state index in [1.807, 2.05) is 18.2 Å². The highest BCUT2D eigenvalue weighted by Gasteiger charge is 2.12. The Balaban J connectivity index is 1.42. The number of anilines is 1. The standard InChI is InChI=1S/C18H20N2O5/c1-22-14-3-2-4-15(12-14)23-8-7-19-18(21)20-13-5-6-16-17(11-13)25-10-9-24-16/h2-6,11-12H,7-10H2,1H3,(H2,19,20,21). The van der Waals surface area contributed by atoms with Gasteiger partial charge in [-0.25, -0.2) is 4.79 Å². The molecule has 0 spiro atoms. The molecule has 2 aromatic carbocycles. The van der Waals surface area contributed by atoms with Crippen molar-refractivity contribution in [3.63, 3.8) is 0 Å². The van der Waals surface area contributed by atoms with Gasteiger partial charge < -0.3 is 29.6 Å². The lowest BCUT2D eigenvalue weighted by molar-refractivity contribution is 0.171. The summed E-state index contributed by atoms with van der Waals surface area (Å²) in [5, 5.41) is 5.48. The van der Waals surface area contributed by atoms with Gasteiger partial charge in [0.1, 0.15) is 31.3 Å². The van der Waals surface area contributed by atoms with Gasteiger partial charge in [-0.1, -0.05) is 6.07 Å². The maximum Gasteiger partial charge on any atom is 0.319 e. The molecule has 25 heavy (non-hydrogen) atoms. The Hall–Kier alpha value is -3.09. The number of methoxy groups -OCH3 is 1. The molecule has 7 heteroatoms. The fraction of sp³-hybridized carbons (Fsp3) is 0.278. The van der Waals surface area contributed by atoms with Crippen molar-refractivity contribution in [3.05, 3.63) is 42.5 Å². The van der Waals surface area contributed by atoms with Gasteiger partial charge in [0.05, 0.1) is 13.7 Å². The van der Waals surface area contributed by atoms with Gasteiger partial charge in [-0.3, -0.25) is 0 Å². The molecular weight excluding hydrogens is 324 g/mol. The third kappa shape index (κ3) is 4.69. The second-order valence-corrected chi connectivity index (χ2v) is 5.27. The molecular formula is C18H20N2O5. The van der Waals surface area contributed by atoms with E-state index in [1.54, 1.807) is 31.4 Å². The second-order valence-electron chi connectivity index (χ2n) is 5.27. The van der Waals surface area contributed by atoms with Crippen LogP contribution in [0.2, 0.25) is 0 Å². The number of fused-ring (bicyclic) bond motifs is 1. The molecule has 0 atom stereocenters. The smallest absolute Gasteiger partial charge is 0.319 e. The van der Waals surface area contributed by atoms with Crippen molar-refractivity contribution in [2.45, 2.75) is 0 Å². The molecule has 0 unspecified atom stereocenters. The lowest BCUT2D eigenvalue weighted by atomic mass is 10.2. The highest BCUT2D eigenvalue weighted by Crippen LogP contribution is 2.32. The summed E-state index contributed by atoms with van der Waals surface area (Å²) in [6.45, 7) is 1.76. The lowest BCUT2D eigenvalue weighted by Gasteiger charge is -2.19. The number of ether oxygens (including phenoxy) is 4. The number of urea groups is 1. The minimum absolute atomic E-state index is 0.314. The summed E-state index contributed by atoms with van der Waals surface area (Å²) < 4.78 is 21.6. The number of amides is 2. The number of hydrogen-bond acceptors (Lipinski definition) is 5. The highest BCUT2D eigenvalue weighted by atomic mass is 16.6. The van der Waals surface area contributed by atoms with E-state index >= 15 is 0 Å². The molecule has 0 saturated heterocycles. The SMILES string of the molecule is COc1cccc(OCCNC(=O)Nc2ccc3c(c2)OCCO3)c1. The van der Waals surface area contributed by atoms with Crippen molar-refractivity contribution in [2.75, 3.05) is 38.8 Å². The van der Waals surface area contributed by atoms with Crippen molar-refractivity contribution >= 4 is 11.7 Å². The van der Waals surface area contributed by atoms with Crippen LogP contribution in [0.15, 0.2) is 42.5 Å². The number of carbonyl (C=O) groups is 1. The van der Waals surface area contributed by atoms with E-state index in [-0.39, 0.29) is 6.03 Å². The molecule has 132 valence electrons. The molecule has 0 radical (unpaired) electrons. The van der Waals surface area contributed by atoms with E-state index in [0.717, 1.165) is 5.75 Å². The van der Waals surface area contributed by atoms with Crippen LogP contribution in [-0.2, 0) is 0 Å². The van der Waals surface area contributed by atoms with Gasteiger partial charge in [-0.15, -0.1) is 0 Å². The van der Waals surface area contributed by atoms with Crippen LogP contribution in [0.3, 0.4) is 0 Å². The van der Waals surface area contributed by atoms with E-state index in [2.05, 4.69) is 10.6 Å². The van der Waals surface area contributed by atoms with E-state index in [9.17, 15) is 4.79 Å². The topological polar surface area (TPSA) is 78.1 Å². The van der Waals surface area contributed by atoms with Crippen molar-refractivity contribution in [1.29, 1.82) is 0 Å². The monoisotopic (exact) mass is 344 g/mol. The van der Waals surface area contributed by atoms with Gasteiger partial charge in [-0.2, -0.15) is 0 Å². The minimum atomic E-state index is -0.314. The van der Waals surface area contributed by atoms with Crippen LogP contribution in [0.5, 0.6) is 23.0 Å². The van der Waals surface area contributed by atoms with Crippen LogP contribution in [0, 0.1) is 0 Å². The molecule has 0 aromatic heterocycles. The molecule has 3 rings (SSSR count). The van der Waals surface area contributed by atoms with Gasteiger partial charge in [0.2, 0.25) is 0 Å². The van der Waals surface area contributed by atoms with Crippen molar-refractivity contribution in [2.24, 2.45) is 0 Å². The highest BCUT2D eigenvalue weighted by molar-refractivity contribution is 5.89. The zero-order chi connectivity index (χ0) is 17.5. The zero-order valence-corrected chi connectivity index (χ0v) is 13.9. The summed E-state index contributed by atoms with van der Waals surface area (Å²) in [6, 6.07) is 12.3. The van der Waals surface area contributed by atoms with Gasteiger partial charge in [0, 0.05) is 17.8 Å². The number of benzene rings is 2. The van der Waals surface area contributed by atoms with E-state index in [0.29, 0.717) is 49.3 Å². The maximum atomic E-state index is 11.9. The molecule has 1 aliphatic rings. The molecule has 0 fully saturated rings. The first-order valence-electron chi connectivity index (χ1n) is 7.96. The molecule has 0 saturated carbocycles. The second kappa shape index (κ2) is 8.14. The number of nitrogens with one attached hydrogen (secondary N) is 2. The largest absolute Gasteiger partial charge is 0.497 e. The predicted molar refractivity (Wildman–Crippen MR) is 92.9 cm³/mol. The molecule has 1 heterocycles. The van der Waals surface area contributed by atoms with Gasteiger partial charge in [0.25, 0.3) is 0 Å². The summed E-state index contributed by atoms with van der Waals surface area (Å²) >= 11 is 0. The zero-order valence-electron chi connectivity index (χ0n) is 13.9. The first kappa shape index (κ1) is 16.8.